The molecule has 1 amide bonds. The molecule has 2 aromatic rings. The van der Waals surface area contributed by atoms with Gasteiger partial charge in [-0.1, -0.05) is 23.7 Å². The fraction of sp³-hybridized carbons (Fsp3) is 0.368. The summed E-state index contributed by atoms with van der Waals surface area (Å²) in [4.78, 5) is 30.1. The maximum atomic E-state index is 12.6. The van der Waals surface area contributed by atoms with Crippen LogP contribution in [0.25, 0.3) is 0 Å². The minimum absolute atomic E-state index is 0.192. The van der Waals surface area contributed by atoms with Gasteiger partial charge in [0.2, 0.25) is 5.88 Å². The van der Waals surface area contributed by atoms with E-state index in [1.807, 2.05) is 24.3 Å². The first-order valence-electron chi connectivity index (χ1n) is 9.02. The topological polar surface area (TPSA) is 65.8 Å². The van der Waals surface area contributed by atoms with Crippen LogP contribution in [-0.2, 0) is 11.2 Å². The van der Waals surface area contributed by atoms with Crippen molar-refractivity contribution >= 4 is 17.5 Å². The first-order valence-corrected chi connectivity index (χ1v) is 9.39. The highest BCUT2D eigenvalue weighted by Crippen LogP contribution is 2.31. The quantitative estimate of drug-likeness (QED) is 0.738. The van der Waals surface area contributed by atoms with Crippen LogP contribution < -0.4 is 4.74 Å². The van der Waals surface area contributed by atoms with Crippen LogP contribution in [0.5, 0.6) is 5.88 Å². The smallest absolute Gasteiger partial charge is 0.341 e. The van der Waals surface area contributed by atoms with Gasteiger partial charge in [-0.2, -0.15) is 5.01 Å². The van der Waals surface area contributed by atoms with Crippen LogP contribution in [0.15, 0.2) is 42.6 Å². The van der Waals surface area contributed by atoms with E-state index in [0.29, 0.717) is 36.2 Å². The first-order chi connectivity index (χ1) is 13.1. The zero-order valence-corrected chi connectivity index (χ0v) is 15.5. The molecule has 2 saturated heterocycles. The van der Waals surface area contributed by atoms with Crippen LogP contribution in [0.1, 0.15) is 30.0 Å². The Balaban J connectivity index is 1.38. The van der Waals surface area contributed by atoms with Gasteiger partial charge in [-0.15, -0.1) is 0 Å². The summed E-state index contributed by atoms with van der Waals surface area (Å²) in [6.07, 6.45) is 4.11. The predicted octanol–water partition coefficient (Wildman–Crippen LogP) is 2.94. The largest absolute Gasteiger partial charge is 0.477 e. The lowest BCUT2D eigenvalue weighted by atomic mass is 10.1. The summed E-state index contributed by atoms with van der Waals surface area (Å²) in [7, 11) is 0. The molecule has 2 aliphatic rings. The molecule has 1 unspecified atom stereocenters. The van der Waals surface area contributed by atoms with Crippen molar-refractivity contribution in [3.63, 3.8) is 0 Å². The van der Waals surface area contributed by atoms with Gasteiger partial charge in [0.15, 0.2) is 4.87 Å². The lowest BCUT2D eigenvalue weighted by molar-refractivity contribution is -0.740. The molecule has 7 nitrogen and oxygen atoms in total. The number of carbonyl (C=O) groups excluding carboxylic acids is 1. The van der Waals surface area contributed by atoms with Crippen LogP contribution in [-0.4, -0.2) is 45.6 Å². The molecular formula is C19H20ClN4O3+. The molecular weight excluding hydrogens is 368 g/mol. The van der Waals surface area contributed by atoms with E-state index in [1.165, 1.54) is 10.1 Å². The lowest BCUT2D eigenvalue weighted by Crippen LogP contribution is -2.45. The molecule has 1 aromatic carbocycles. The molecule has 27 heavy (non-hydrogen) atoms. The maximum Gasteiger partial charge on any atom is 0.341 e. The van der Waals surface area contributed by atoms with E-state index in [4.69, 9.17) is 16.3 Å². The van der Waals surface area contributed by atoms with Crippen molar-refractivity contribution in [1.82, 2.24) is 15.1 Å². The summed E-state index contributed by atoms with van der Waals surface area (Å²) < 4.78 is 5.66. The second-order valence-corrected chi connectivity index (χ2v) is 7.06. The predicted molar refractivity (Wildman–Crippen MR) is 98.9 cm³/mol. The zero-order valence-electron chi connectivity index (χ0n) is 14.8. The second-order valence-electron chi connectivity index (χ2n) is 6.62. The highest BCUT2D eigenvalue weighted by Gasteiger charge is 2.55. The van der Waals surface area contributed by atoms with E-state index in [2.05, 4.69) is 4.98 Å². The van der Waals surface area contributed by atoms with Crippen molar-refractivity contribution in [1.29, 1.82) is 0 Å². The van der Waals surface area contributed by atoms with Crippen molar-refractivity contribution in [3.05, 3.63) is 63.7 Å². The Kier molecular flexibility index (Phi) is 4.94. The SMILES string of the molecule is O=C1C(c2ccc(OCCc3ccc(Cl)cc3)nc2)[N+](=O)N2CCCCN12. The number of hydrazine groups is 2. The van der Waals surface area contributed by atoms with Crippen molar-refractivity contribution < 1.29 is 14.4 Å². The summed E-state index contributed by atoms with van der Waals surface area (Å²) in [5.41, 5.74) is 1.70. The van der Waals surface area contributed by atoms with Gasteiger partial charge in [0.05, 0.1) is 17.1 Å². The average Bonchev–Trinajstić information content (AvgIpc) is 2.95. The average molecular weight is 388 g/mol. The monoisotopic (exact) mass is 387 g/mol. The van der Waals surface area contributed by atoms with E-state index in [1.54, 1.807) is 18.3 Å². The lowest BCUT2D eigenvalue weighted by Gasteiger charge is -2.24. The molecule has 140 valence electrons. The third-order valence-corrected chi connectivity index (χ3v) is 5.07. The van der Waals surface area contributed by atoms with Crippen LogP contribution in [0.4, 0.5) is 0 Å². The number of ether oxygens (including phenoxy) is 1. The number of benzene rings is 1. The summed E-state index contributed by atoms with van der Waals surface area (Å²) >= 11 is 5.87. The van der Waals surface area contributed by atoms with E-state index < -0.39 is 6.04 Å². The van der Waals surface area contributed by atoms with Crippen LogP contribution in [0, 0.1) is 4.91 Å². The summed E-state index contributed by atoms with van der Waals surface area (Å²) in [5, 5.41) is 3.74. The molecule has 3 heterocycles. The van der Waals surface area contributed by atoms with Gasteiger partial charge in [0.25, 0.3) is 0 Å². The number of nitroso groups, excluding NO2 is 1. The Morgan fingerprint density at radius 2 is 1.93 bits per heavy atom. The van der Waals surface area contributed by atoms with Crippen LogP contribution in [0.3, 0.4) is 0 Å². The zero-order chi connectivity index (χ0) is 18.8. The molecule has 8 heteroatoms. The van der Waals surface area contributed by atoms with Crippen molar-refractivity contribution in [3.8, 4) is 5.88 Å². The molecule has 2 aliphatic heterocycles. The molecule has 0 aliphatic carbocycles. The van der Waals surface area contributed by atoms with E-state index >= 15 is 0 Å². The molecule has 0 radical (unpaired) electrons. The molecule has 0 saturated carbocycles. The summed E-state index contributed by atoms with van der Waals surface area (Å²) in [6.45, 7) is 1.64. The van der Waals surface area contributed by atoms with Gasteiger partial charge >= 0.3 is 11.9 Å². The number of amides is 1. The van der Waals surface area contributed by atoms with E-state index in [9.17, 15) is 9.70 Å². The Bertz CT molecular complexity index is 817. The molecule has 0 spiro atoms. The minimum Gasteiger partial charge on any atom is -0.477 e. The number of rotatable bonds is 5. The fourth-order valence-corrected chi connectivity index (χ4v) is 3.51. The second kappa shape index (κ2) is 7.52. The van der Waals surface area contributed by atoms with Gasteiger partial charge in [-0.3, -0.25) is 4.79 Å². The Morgan fingerprint density at radius 3 is 2.63 bits per heavy atom. The van der Waals surface area contributed by atoms with Crippen LogP contribution in [0.2, 0.25) is 5.02 Å². The van der Waals surface area contributed by atoms with Gasteiger partial charge < -0.3 is 4.74 Å². The van der Waals surface area contributed by atoms with Gasteiger partial charge in [-0.25, -0.2) is 4.98 Å². The van der Waals surface area contributed by atoms with Gasteiger partial charge in [-0.05, 0) is 41.7 Å². The number of halogens is 1. The molecule has 1 aromatic heterocycles. The minimum atomic E-state index is -0.862. The van der Waals surface area contributed by atoms with Crippen molar-refractivity contribution in [2.45, 2.75) is 25.3 Å². The van der Waals surface area contributed by atoms with E-state index in [-0.39, 0.29) is 5.91 Å². The fourth-order valence-electron chi connectivity index (χ4n) is 3.38. The van der Waals surface area contributed by atoms with Crippen molar-refractivity contribution in [2.75, 3.05) is 19.7 Å². The van der Waals surface area contributed by atoms with Crippen molar-refractivity contribution in [2.24, 2.45) is 0 Å². The molecule has 4 rings (SSSR count). The normalized spacial score (nSPS) is 19.4. The number of hydrogen-bond acceptors (Lipinski definition) is 4. The first kappa shape index (κ1) is 17.7. The number of nitrogens with zero attached hydrogens (tertiary/aromatic N) is 4. The number of pyridine rings is 1. The third kappa shape index (κ3) is 3.60. The Hall–Kier alpha value is -2.67. The Morgan fingerprint density at radius 1 is 1.15 bits per heavy atom. The standard InChI is InChI=1S/C19H20ClN4O3/c20-16-6-3-14(4-7-16)9-12-27-17-8-5-15(13-21-17)18-19(25)22-10-1-2-11-23(22)24(18)26/h3-8,13,18H,1-2,9-12H2/q+1. The van der Waals surface area contributed by atoms with E-state index in [0.717, 1.165) is 29.7 Å². The Labute approximate surface area is 162 Å². The number of hydrogen-bond donors (Lipinski definition) is 0. The highest BCUT2D eigenvalue weighted by molar-refractivity contribution is 6.30. The number of aromatic nitrogens is 1. The maximum absolute atomic E-state index is 12.6. The molecule has 0 N–H and O–H groups in total. The van der Waals surface area contributed by atoms with Gasteiger partial charge in [0.1, 0.15) is 6.54 Å². The molecule has 2 fully saturated rings. The summed E-state index contributed by atoms with van der Waals surface area (Å²) in [5.74, 6) is 0.275. The van der Waals surface area contributed by atoms with Gasteiger partial charge in [0, 0.05) is 30.3 Å². The molecule has 0 bridgehead atoms. The highest BCUT2D eigenvalue weighted by atomic mass is 35.5. The number of carbonyl (C=O) groups is 1. The summed E-state index contributed by atoms with van der Waals surface area (Å²) in [6, 6.07) is 10.2. The van der Waals surface area contributed by atoms with Crippen LogP contribution >= 0.6 is 11.6 Å². The number of fused-ring (bicyclic) bond motifs is 1. The third-order valence-electron chi connectivity index (χ3n) is 4.82. The molecule has 1 atom stereocenters.